The van der Waals surface area contributed by atoms with Crippen molar-refractivity contribution < 1.29 is 44.0 Å². The van der Waals surface area contributed by atoms with Crippen molar-refractivity contribution in [3.05, 3.63) is 0 Å². The normalized spacial score (nSPS) is 24.5. The van der Waals surface area contributed by atoms with Crippen LogP contribution in [0.5, 0.6) is 0 Å². The Labute approximate surface area is 113 Å². The first-order chi connectivity index (χ1) is 6.08. The maximum atomic E-state index is 10.5. The van der Waals surface area contributed by atoms with Crippen molar-refractivity contribution in [1.29, 1.82) is 0 Å². The molecule has 14 heavy (non-hydrogen) atoms. The number of hydrogen-bond donors (Lipinski definition) is 2. The minimum absolute atomic E-state index is 0. The quantitative estimate of drug-likeness (QED) is 0.446. The molecule has 7 heteroatoms. The molecule has 1 unspecified atom stereocenters. The second-order valence-electron chi connectivity index (χ2n) is 3.19. The van der Waals surface area contributed by atoms with Gasteiger partial charge in [0.1, 0.15) is 0 Å². The molecule has 1 atom stereocenters. The summed E-state index contributed by atoms with van der Waals surface area (Å²) in [5.74, 6) is 2.13. The van der Waals surface area contributed by atoms with Gasteiger partial charge in [-0.1, -0.05) is 6.42 Å². The Kier molecular flexibility index (Phi) is 8.14. The number of nitrogens with one attached hydrogen (secondary N) is 1. The second-order valence-corrected chi connectivity index (χ2v) is 5.60. The van der Waals surface area contributed by atoms with Crippen LogP contribution in [0.25, 0.3) is 0 Å². The molecule has 80 valence electrons. The maximum absolute atomic E-state index is 10.5. The van der Waals surface area contributed by atoms with E-state index >= 15 is 0 Å². The van der Waals surface area contributed by atoms with Crippen molar-refractivity contribution in [2.75, 3.05) is 11.5 Å². The molecule has 1 rings (SSSR count). The Balaban J connectivity index is 0. The van der Waals surface area contributed by atoms with Gasteiger partial charge in [-0.2, -0.15) is 24.9 Å². The molecular weight excluding hydrogens is 233 g/mol. The van der Waals surface area contributed by atoms with Gasteiger partial charge in [0.05, 0.1) is 0 Å². The predicted octanol–water partition coefficient (Wildman–Crippen LogP) is -1.83. The molecule has 1 heterocycles. The molecule has 0 bridgehead atoms. The number of thioether (sulfide) groups is 1. The summed E-state index contributed by atoms with van der Waals surface area (Å²) in [6, 6.07) is -0.0807. The Morgan fingerprint density at radius 2 is 2.00 bits per heavy atom. The molecule has 2 N–H and O–H groups in total. The zero-order chi connectivity index (χ0) is 9.73. The average molecular weight is 249 g/mol. The average Bonchev–Trinajstić information content (AvgIpc) is 1.92. The molecule has 1 fully saturated rings. The molecular formula is C7H16NNaO3S2. The van der Waals surface area contributed by atoms with Gasteiger partial charge in [0, 0.05) is 6.04 Å². The van der Waals surface area contributed by atoms with E-state index in [0.29, 0.717) is 0 Å². The summed E-state index contributed by atoms with van der Waals surface area (Å²) in [4.78, 5) is 0. The molecule has 4 nitrogen and oxygen atoms in total. The van der Waals surface area contributed by atoms with Crippen LogP contribution in [-0.4, -0.2) is 30.5 Å². The van der Waals surface area contributed by atoms with Gasteiger partial charge in [0.25, 0.3) is 0 Å². The van der Waals surface area contributed by atoms with E-state index in [2.05, 4.69) is 4.72 Å². The first kappa shape index (κ1) is 15.2. The summed E-state index contributed by atoms with van der Waals surface area (Å²) in [6.07, 6.45) is 3.80. The Morgan fingerprint density at radius 3 is 2.64 bits per heavy atom. The fourth-order valence-corrected chi connectivity index (χ4v) is 3.12. The zero-order valence-electron chi connectivity index (χ0n) is 9.40. The molecule has 1 aliphatic heterocycles. The van der Waals surface area contributed by atoms with Gasteiger partial charge in [-0.05, 0) is 30.8 Å². The van der Waals surface area contributed by atoms with Crippen LogP contribution < -0.4 is 34.3 Å². The minimum atomic E-state index is -4.01. The molecule has 0 aromatic rings. The third-order valence-corrected chi connectivity index (χ3v) is 3.75. The van der Waals surface area contributed by atoms with Crippen LogP contribution in [0.15, 0.2) is 0 Å². The maximum Gasteiger partial charge on any atom is 1.00 e. The van der Waals surface area contributed by atoms with E-state index in [1.54, 1.807) is 0 Å². The molecule has 0 saturated carbocycles. The van der Waals surface area contributed by atoms with E-state index in [4.69, 9.17) is 4.55 Å². The molecule has 0 aromatic heterocycles. The van der Waals surface area contributed by atoms with Crippen molar-refractivity contribution >= 4 is 22.1 Å². The second kappa shape index (κ2) is 7.49. The smallest absolute Gasteiger partial charge is 1.00 e. The third-order valence-electron chi connectivity index (χ3n) is 2.02. The van der Waals surface area contributed by atoms with Crippen LogP contribution in [0.4, 0.5) is 0 Å². The monoisotopic (exact) mass is 249 g/mol. The first-order valence-corrected chi connectivity index (χ1v) is 7.00. The van der Waals surface area contributed by atoms with Crippen LogP contribution in [0, 0.1) is 0 Å². The van der Waals surface area contributed by atoms with Crippen LogP contribution in [-0.2, 0) is 10.3 Å². The van der Waals surface area contributed by atoms with Crippen LogP contribution in [0.1, 0.15) is 27.1 Å². The molecule has 0 aliphatic carbocycles. The van der Waals surface area contributed by atoms with Gasteiger partial charge >= 0.3 is 39.9 Å². The molecule has 0 aromatic carbocycles. The largest absolute Gasteiger partial charge is 1.00 e. The summed E-state index contributed by atoms with van der Waals surface area (Å²) < 4.78 is 31.9. The first-order valence-electron chi connectivity index (χ1n) is 4.40. The van der Waals surface area contributed by atoms with E-state index in [-0.39, 0.29) is 37.0 Å². The SMILES string of the molecule is O=S(=O)(O)NC1CCCCSCC1.[H-].[Na+]. The summed E-state index contributed by atoms with van der Waals surface area (Å²) in [7, 11) is -4.01. The van der Waals surface area contributed by atoms with Gasteiger partial charge in [0.2, 0.25) is 0 Å². The van der Waals surface area contributed by atoms with Gasteiger partial charge in [0.15, 0.2) is 0 Å². The van der Waals surface area contributed by atoms with E-state index in [1.807, 2.05) is 11.8 Å². The van der Waals surface area contributed by atoms with Crippen molar-refractivity contribution in [3.63, 3.8) is 0 Å². The fraction of sp³-hybridized carbons (Fsp3) is 1.00. The fourth-order valence-electron chi connectivity index (χ4n) is 1.40. The summed E-state index contributed by atoms with van der Waals surface area (Å²) in [6.45, 7) is 0. The van der Waals surface area contributed by atoms with Crippen molar-refractivity contribution in [2.24, 2.45) is 0 Å². The molecule has 0 radical (unpaired) electrons. The van der Waals surface area contributed by atoms with Gasteiger partial charge < -0.3 is 1.43 Å². The van der Waals surface area contributed by atoms with E-state index in [9.17, 15) is 8.42 Å². The predicted molar refractivity (Wildman–Crippen MR) is 55.4 cm³/mol. The van der Waals surface area contributed by atoms with E-state index in [1.165, 1.54) is 5.75 Å². The molecule has 1 saturated heterocycles. The Morgan fingerprint density at radius 1 is 1.29 bits per heavy atom. The van der Waals surface area contributed by atoms with Crippen molar-refractivity contribution in [3.8, 4) is 0 Å². The standard InChI is InChI=1S/C7H15NO3S2.Na.H/c9-13(10,11)8-7-3-1-2-5-12-6-4-7;;/h7-8H,1-6H2,(H,9,10,11);;/q;+1;-1. The summed E-state index contributed by atoms with van der Waals surface area (Å²) in [5.41, 5.74) is 0. The summed E-state index contributed by atoms with van der Waals surface area (Å²) in [5, 5.41) is 0. The van der Waals surface area contributed by atoms with Crippen molar-refractivity contribution in [2.45, 2.75) is 31.7 Å². The molecule has 1 aliphatic rings. The van der Waals surface area contributed by atoms with Crippen molar-refractivity contribution in [1.82, 2.24) is 4.72 Å². The number of hydrogen-bond acceptors (Lipinski definition) is 3. The molecule has 0 amide bonds. The molecule has 0 spiro atoms. The Bertz CT molecular complexity index is 243. The van der Waals surface area contributed by atoms with Gasteiger partial charge in [-0.15, -0.1) is 0 Å². The van der Waals surface area contributed by atoms with E-state index < -0.39 is 10.3 Å². The van der Waals surface area contributed by atoms with Crippen LogP contribution in [0.2, 0.25) is 0 Å². The van der Waals surface area contributed by atoms with E-state index in [0.717, 1.165) is 31.4 Å². The zero-order valence-corrected chi connectivity index (χ0v) is 12.0. The topological polar surface area (TPSA) is 66.4 Å². The third kappa shape index (κ3) is 7.50. The Hall–Kier alpha value is 1.22. The number of rotatable bonds is 2. The van der Waals surface area contributed by atoms with Gasteiger partial charge in [-0.3, -0.25) is 4.55 Å². The minimum Gasteiger partial charge on any atom is -1.00 e. The van der Waals surface area contributed by atoms with Crippen LogP contribution >= 0.6 is 11.8 Å². The van der Waals surface area contributed by atoms with Crippen LogP contribution in [0.3, 0.4) is 0 Å². The van der Waals surface area contributed by atoms with Gasteiger partial charge in [-0.25, -0.2) is 0 Å². The summed E-state index contributed by atoms with van der Waals surface area (Å²) >= 11 is 1.84.